The monoisotopic (exact) mass is 451 g/mol. The number of hydrogen-bond acceptors (Lipinski definition) is 4. The van der Waals surface area contributed by atoms with Crippen LogP contribution in [0.25, 0.3) is 0 Å². The van der Waals surface area contributed by atoms with E-state index in [0.717, 1.165) is 22.6 Å². The molecule has 2 amide bonds. The van der Waals surface area contributed by atoms with Crippen molar-refractivity contribution in [3.05, 3.63) is 59.2 Å². The lowest BCUT2D eigenvalue weighted by Gasteiger charge is -2.17. The predicted molar refractivity (Wildman–Crippen MR) is 111 cm³/mol. The van der Waals surface area contributed by atoms with Gasteiger partial charge in [-0.3, -0.25) is 9.59 Å². The molecule has 1 fully saturated rings. The number of hydrogen-bond donors (Lipinski definition) is 2. The van der Waals surface area contributed by atoms with Crippen LogP contribution in [-0.2, 0) is 19.6 Å². The summed E-state index contributed by atoms with van der Waals surface area (Å²) in [6.45, 7) is 3.45. The van der Waals surface area contributed by atoms with Gasteiger partial charge in [-0.15, -0.1) is 0 Å². The summed E-state index contributed by atoms with van der Waals surface area (Å²) in [4.78, 5) is 25.9. The second kappa shape index (κ2) is 9.11. The van der Waals surface area contributed by atoms with Gasteiger partial charge in [-0.1, -0.05) is 12.1 Å². The predicted octanol–water partition coefficient (Wildman–Crippen LogP) is 2.03. The summed E-state index contributed by atoms with van der Waals surface area (Å²) < 4.78 is 54.4. The number of sulfonamides is 1. The lowest BCUT2D eigenvalue weighted by atomic mass is 10.1. The van der Waals surface area contributed by atoms with Crippen molar-refractivity contribution in [2.45, 2.75) is 25.2 Å². The molecule has 3 rings (SSSR count). The molecule has 0 aliphatic carbocycles. The van der Waals surface area contributed by atoms with Gasteiger partial charge in [0.2, 0.25) is 21.8 Å². The number of nitrogens with zero attached hydrogens (tertiary/aromatic N) is 1. The molecular weight excluding hydrogens is 428 g/mol. The highest BCUT2D eigenvalue weighted by Gasteiger charge is 2.36. The van der Waals surface area contributed by atoms with Gasteiger partial charge in [0.15, 0.2) is 0 Å². The maximum atomic E-state index is 14.0. The maximum absolute atomic E-state index is 14.0. The minimum Gasteiger partial charge on any atom is -0.354 e. The molecule has 2 aromatic carbocycles. The smallest absolute Gasteiger partial charge is 0.240 e. The van der Waals surface area contributed by atoms with Crippen LogP contribution in [0.3, 0.4) is 0 Å². The lowest BCUT2D eigenvalue weighted by molar-refractivity contribution is -0.126. The number of carbonyl (C=O) groups is 2. The van der Waals surface area contributed by atoms with Crippen molar-refractivity contribution < 1.29 is 26.8 Å². The lowest BCUT2D eigenvalue weighted by Crippen LogP contribution is -2.38. The van der Waals surface area contributed by atoms with Gasteiger partial charge >= 0.3 is 0 Å². The molecule has 1 aliphatic heterocycles. The first-order chi connectivity index (χ1) is 14.6. The molecule has 1 saturated heterocycles. The summed E-state index contributed by atoms with van der Waals surface area (Å²) in [6, 6.07) is 7.99. The first kappa shape index (κ1) is 22.8. The van der Waals surface area contributed by atoms with Crippen molar-refractivity contribution in [3.8, 4) is 0 Å². The number of nitrogens with one attached hydrogen (secondary N) is 2. The minimum atomic E-state index is -3.73. The van der Waals surface area contributed by atoms with Gasteiger partial charge in [-0.25, -0.2) is 21.9 Å². The Hall–Kier alpha value is -2.85. The molecule has 0 saturated carbocycles. The zero-order valence-electron chi connectivity index (χ0n) is 17.1. The van der Waals surface area contributed by atoms with Crippen LogP contribution < -0.4 is 14.9 Å². The van der Waals surface area contributed by atoms with Crippen LogP contribution in [0, 0.1) is 31.4 Å². The normalized spacial score (nSPS) is 16.6. The third-order valence-electron chi connectivity index (χ3n) is 5.05. The van der Waals surface area contributed by atoms with Gasteiger partial charge in [0.25, 0.3) is 0 Å². The molecule has 0 radical (unpaired) electrons. The van der Waals surface area contributed by atoms with Crippen LogP contribution >= 0.6 is 0 Å². The average molecular weight is 451 g/mol. The zero-order valence-corrected chi connectivity index (χ0v) is 17.9. The molecule has 2 aromatic rings. The largest absolute Gasteiger partial charge is 0.354 e. The Morgan fingerprint density at radius 3 is 2.58 bits per heavy atom. The first-order valence-corrected chi connectivity index (χ1v) is 11.2. The van der Waals surface area contributed by atoms with E-state index in [-0.39, 0.29) is 36.6 Å². The number of halogens is 2. The molecule has 166 valence electrons. The highest BCUT2D eigenvalue weighted by atomic mass is 32.2. The molecule has 0 spiro atoms. The number of amides is 2. The molecule has 1 unspecified atom stereocenters. The maximum Gasteiger partial charge on any atom is 0.240 e. The molecular formula is C21H23F2N3O4S. The summed E-state index contributed by atoms with van der Waals surface area (Å²) in [7, 11) is -3.73. The number of rotatable bonds is 7. The van der Waals surface area contributed by atoms with E-state index in [1.807, 2.05) is 6.07 Å². The van der Waals surface area contributed by atoms with Crippen molar-refractivity contribution in [1.29, 1.82) is 0 Å². The molecule has 0 bridgehead atoms. The number of benzene rings is 2. The van der Waals surface area contributed by atoms with Crippen LogP contribution in [0.5, 0.6) is 0 Å². The fourth-order valence-corrected chi connectivity index (χ4v) is 4.77. The summed E-state index contributed by atoms with van der Waals surface area (Å²) in [5, 5.41) is 2.59. The highest BCUT2D eigenvalue weighted by molar-refractivity contribution is 7.89. The topological polar surface area (TPSA) is 95.6 Å². The molecule has 10 heteroatoms. The molecule has 1 heterocycles. The van der Waals surface area contributed by atoms with E-state index in [0.29, 0.717) is 11.6 Å². The van der Waals surface area contributed by atoms with E-state index in [2.05, 4.69) is 10.0 Å². The van der Waals surface area contributed by atoms with Gasteiger partial charge in [-0.05, 0) is 43.2 Å². The summed E-state index contributed by atoms with van der Waals surface area (Å²) in [5.74, 6) is -3.24. The van der Waals surface area contributed by atoms with E-state index in [1.165, 1.54) is 0 Å². The third-order valence-corrected chi connectivity index (χ3v) is 6.65. The number of anilines is 1. The van der Waals surface area contributed by atoms with Crippen molar-refractivity contribution in [2.24, 2.45) is 5.92 Å². The van der Waals surface area contributed by atoms with E-state index in [4.69, 9.17) is 0 Å². The Bertz CT molecular complexity index is 1120. The Labute approximate surface area is 179 Å². The van der Waals surface area contributed by atoms with Crippen LogP contribution in [0.2, 0.25) is 0 Å². The van der Waals surface area contributed by atoms with E-state index < -0.39 is 39.4 Å². The van der Waals surface area contributed by atoms with Crippen molar-refractivity contribution in [2.75, 3.05) is 24.5 Å². The zero-order chi connectivity index (χ0) is 22.8. The van der Waals surface area contributed by atoms with Gasteiger partial charge < -0.3 is 10.2 Å². The molecule has 1 atom stereocenters. The Morgan fingerprint density at radius 2 is 1.87 bits per heavy atom. The van der Waals surface area contributed by atoms with Crippen LogP contribution in [0.4, 0.5) is 14.5 Å². The number of aryl methyl sites for hydroxylation is 2. The van der Waals surface area contributed by atoms with Crippen LogP contribution in [0.15, 0.2) is 41.3 Å². The van der Waals surface area contributed by atoms with Gasteiger partial charge in [0.1, 0.15) is 11.6 Å². The second-order valence-electron chi connectivity index (χ2n) is 7.46. The van der Waals surface area contributed by atoms with Gasteiger partial charge in [0.05, 0.1) is 16.5 Å². The minimum absolute atomic E-state index is 0.0263. The van der Waals surface area contributed by atoms with Crippen molar-refractivity contribution in [3.63, 3.8) is 0 Å². The summed E-state index contributed by atoms with van der Waals surface area (Å²) >= 11 is 0. The average Bonchev–Trinajstić information content (AvgIpc) is 3.08. The SMILES string of the molecule is Cc1ccc(C)c(S(=O)(=O)NCCNC(=O)C2CC(=O)N(c3ccc(F)cc3F)C2)c1. The fraction of sp³-hybridized carbons (Fsp3) is 0.333. The fourth-order valence-electron chi connectivity index (χ4n) is 3.41. The molecule has 1 aliphatic rings. The molecule has 31 heavy (non-hydrogen) atoms. The van der Waals surface area contributed by atoms with Crippen LogP contribution in [0.1, 0.15) is 17.5 Å². The Kier molecular flexibility index (Phi) is 6.71. The third kappa shape index (κ3) is 5.26. The number of carbonyl (C=O) groups excluding carboxylic acids is 2. The molecule has 2 N–H and O–H groups in total. The first-order valence-electron chi connectivity index (χ1n) is 9.68. The van der Waals surface area contributed by atoms with Gasteiger partial charge in [-0.2, -0.15) is 0 Å². The quantitative estimate of drug-likeness (QED) is 0.630. The van der Waals surface area contributed by atoms with E-state index in [1.54, 1.807) is 26.0 Å². The van der Waals surface area contributed by atoms with E-state index >= 15 is 0 Å². The second-order valence-corrected chi connectivity index (χ2v) is 9.19. The molecule has 7 nitrogen and oxygen atoms in total. The standard InChI is InChI=1S/C21H23F2N3O4S/c1-13-3-4-14(2)19(9-13)31(29,30)25-8-7-24-21(28)15-10-20(27)26(12-15)18-6-5-16(22)11-17(18)23/h3-6,9,11,15,25H,7-8,10,12H2,1-2H3,(H,24,28). The Balaban J connectivity index is 1.53. The van der Waals surface area contributed by atoms with Crippen molar-refractivity contribution in [1.82, 2.24) is 10.0 Å². The summed E-state index contributed by atoms with van der Waals surface area (Å²) in [5.41, 5.74) is 1.34. The molecule has 0 aromatic heterocycles. The van der Waals surface area contributed by atoms with E-state index in [9.17, 15) is 26.8 Å². The van der Waals surface area contributed by atoms with Gasteiger partial charge in [0, 0.05) is 32.1 Å². The highest BCUT2D eigenvalue weighted by Crippen LogP contribution is 2.28. The Morgan fingerprint density at radius 1 is 1.13 bits per heavy atom. The summed E-state index contributed by atoms with van der Waals surface area (Å²) in [6.07, 6.45) is -0.114. The van der Waals surface area contributed by atoms with Crippen LogP contribution in [-0.4, -0.2) is 39.9 Å². The van der Waals surface area contributed by atoms with Crippen molar-refractivity contribution >= 4 is 27.5 Å².